The van der Waals surface area contributed by atoms with Gasteiger partial charge in [-0.25, -0.2) is 4.98 Å². The Bertz CT molecular complexity index is 641. The summed E-state index contributed by atoms with van der Waals surface area (Å²) < 4.78 is 5.74. The topological polar surface area (TPSA) is 42.4 Å². The van der Waals surface area contributed by atoms with Gasteiger partial charge in [0.1, 0.15) is 17.0 Å². The lowest BCUT2D eigenvalue weighted by Crippen LogP contribution is -2.01. The number of hydrogen-bond acceptors (Lipinski definition) is 3. The summed E-state index contributed by atoms with van der Waals surface area (Å²) in [6, 6.07) is 7.37. The summed E-state index contributed by atoms with van der Waals surface area (Å²) in [6.07, 6.45) is -0.307. The van der Waals surface area contributed by atoms with E-state index in [4.69, 9.17) is 27.9 Å². The van der Waals surface area contributed by atoms with Crippen LogP contribution in [0, 0.1) is 6.92 Å². The Morgan fingerprint density at radius 3 is 2.63 bits per heavy atom. The first kappa shape index (κ1) is 12.7. The summed E-state index contributed by atoms with van der Waals surface area (Å²) in [6.45, 7) is 2.05. The SMILES string of the molecule is Cc1nc(Cl)c2c(c1O)COC2c1ccc(Cl)cc1. The quantitative estimate of drug-likeness (QED) is 0.808. The molecular weight excluding hydrogens is 285 g/mol. The molecule has 1 atom stereocenters. The van der Waals surface area contributed by atoms with E-state index in [0.29, 0.717) is 22.5 Å². The van der Waals surface area contributed by atoms with Crippen LogP contribution >= 0.6 is 23.2 Å². The van der Waals surface area contributed by atoms with Gasteiger partial charge >= 0.3 is 0 Å². The molecule has 0 amide bonds. The number of benzene rings is 1. The largest absolute Gasteiger partial charge is 0.506 e. The number of aromatic nitrogens is 1. The van der Waals surface area contributed by atoms with E-state index in [1.54, 1.807) is 19.1 Å². The van der Waals surface area contributed by atoms with E-state index in [1.807, 2.05) is 12.1 Å². The molecule has 0 saturated heterocycles. The van der Waals surface area contributed by atoms with Crippen LogP contribution in [0.1, 0.15) is 28.5 Å². The first-order chi connectivity index (χ1) is 9.08. The molecule has 1 aliphatic rings. The molecule has 0 spiro atoms. The molecule has 0 radical (unpaired) electrons. The van der Waals surface area contributed by atoms with E-state index in [-0.39, 0.29) is 11.9 Å². The highest BCUT2D eigenvalue weighted by molar-refractivity contribution is 6.30. The zero-order chi connectivity index (χ0) is 13.6. The molecule has 2 heterocycles. The molecule has 2 aromatic rings. The predicted octanol–water partition coefficient (Wildman–Crippen LogP) is 4.02. The number of aryl methyl sites for hydroxylation is 1. The van der Waals surface area contributed by atoms with Gasteiger partial charge in [-0.3, -0.25) is 0 Å². The van der Waals surface area contributed by atoms with Crippen LogP contribution in [0.3, 0.4) is 0 Å². The summed E-state index contributed by atoms with van der Waals surface area (Å²) in [5.74, 6) is 0.163. The van der Waals surface area contributed by atoms with Gasteiger partial charge in [-0.1, -0.05) is 35.3 Å². The molecule has 1 unspecified atom stereocenters. The van der Waals surface area contributed by atoms with Gasteiger partial charge in [-0.05, 0) is 24.6 Å². The zero-order valence-electron chi connectivity index (χ0n) is 10.2. The Balaban J connectivity index is 2.12. The Kier molecular flexibility index (Phi) is 3.13. The van der Waals surface area contributed by atoms with Crippen molar-refractivity contribution in [2.45, 2.75) is 19.6 Å². The molecule has 3 nitrogen and oxygen atoms in total. The van der Waals surface area contributed by atoms with Crippen LogP contribution in [0.15, 0.2) is 24.3 Å². The fourth-order valence-corrected chi connectivity index (χ4v) is 2.76. The molecule has 0 aliphatic carbocycles. The molecule has 1 aromatic carbocycles. The van der Waals surface area contributed by atoms with Gasteiger partial charge in [0.05, 0.1) is 12.3 Å². The smallest absolute Gasteiger partial charge is 0.142 e. The van der Waals surface area contributed by atoms with Crippen LogP contribution < -0.4 is 0 Å². The Morgan fingerprint density at radius 1 is 1.26 bits per heavy atom. The second kappa shape index (κ2) is 4.67. The van der Waals surface area contributed by atoms with Gasteiger partial charge in [0.2, 0.25) is 0 Å². The van der Waals surface area contributed by atoms with Crippen LogP contribution in [0.4, 0.5) is 0 Å². The number of rotatable bonds is 1. The van der Waals surface area contributed by atoms with Crippen LogP contribution in [-0.2, 0) is 11.3 Å². The van der Waals surface area contributed by atoms with Crippen molar-refractivity contribution in [2.24, 2.45) is 0 Å². The van der Waals surface area contributed by atoms with Crippen molar-refractivity contribution in [2.75, 3.05) is 0 Å². The standard InChI is InChI=1S/C14H11Cl2NO2/c1-7-12(18)10-6-19-13(11(10)14(16)17-7)8-2-4-9(15)5-3-8/h2-5,13,18H,6H2,1H3. The van der Waals surface area contributed by atoms with Crippen molar-refractivity contribution in [1.29, 1.82) is 0 Å². The van der Waals surface area contributed by atoms with Crippen molar-refractivity contribution in [3.63, 3.8) is 0 Å². The monoisotopic (exact) mass is 295 g/mol. The predicted molar refractivity (Wildman–Crippen MR) is 73.7 cm³/mol. The number of fused-ring (bicyclic) bond motifs is 1. The molecule has 0 bridgehead atoms. The van der Waals surface area contributed by atoms with Gasteiger partial charge < -0.3 is 9.84 Å². The number of pyridine rings is 1. The lowest BCUT2D eigenvalue weighted by atomic mass is 10.0. The minimum atomic E-state index is -0.307. The van der Waals surface area contributed by atoms with Crippen molar-refractivity contribution < 1.29 is 9.84 Å². The van der Waals surface area contributed by atoms with E-state index >= 15 is 0 Å². The maximum absolute atomic E-state index is 10.0. The highest BCUT2D eigenvalue weighted by Crippen LogP contribution is 2.43. The van der Waals surface area contributed by atoms with Gasteiger partial charge in [0.15, 0.2) is 0 Å². The number of aromatic hydroxyl groups is 1. The third kappa shape index (κ3) is 2.08. The summed E-state index contributed by atoms with van der Waals surface area (Å²) in [7, 11) is 0. The van der Waals surface area contributed by atoms with Crippen molar-refractivity contribution in [1.82, 2.24) is 4.98 Å². The number of ether oxygens (including phenoxy) is 1. The minimum absolute atomic E-state index is 0.163. The fourth-order valence-electron chi connectivity index (χ4n) is 2.29. The van der Waals surface area contributed by atoms with Crippen molar-refractivity contribution in [3.05, 3.63) is 56.8 Å². The van der Waals surface area contributed by atoms with Crippen molar-refractivity contribution >= 4 is 23.2 Å². The van der Waals surface area contributed by atoms with Crippen LogP contribution in [0.2, 0.25) is 10.2 Å². The number of halogens is 2. The first-order valence-electron chi connectivity index (χ1n) is 5.83. The van der Waals surface area contributed by atoms with Crippen LogP contribution in [-0.4, -0.2) is 10.1 Å². The third-order valence-electron chi connectivity index (χ3n) is 3.27. The Labute approximate surface area is 120 Å². The number of nitrogens with zero attached hydrogens (tertiary/aromatic N) is 1. The van der Waals surface area contributed by atoms with Gasteiger partial charge in [-0.15, -0.1) is 0 Å². The summed E-state index contributed by atoms with van der Waals surface area (Å²) in [5, 5.41) is 11.1. The summed E-state index contributed by atoms with van der Waals surface area (Å²) >= 11 is 12.1. The van der Waals surface area contributed by atoms with E-state index in [9.17, 15) is 5.11 Å². The highest BCUT2D eigenvalue weighted by atomic mass is 35.5. The zero-order valence-corrected chi connectivity index (χ0v) is 11.7. The maximum atomic E-state index is 10.0. The summed E-state index contributed by atoms with van der Waals surface area (Å²) in [5.41, 5.74) is 2.92. The molecule has 1 aromatic heterocycles. The first-order valence-corrected chi connectivity index (χ1v) is 6.58. The molecule has 5 heteroatoms. The van der Waals surface area contributed by atoms with Gasteiger partial charge in [0, 0.05) is 16.1 Å². The molecule has 0 fully saturated rings. The average molecular weight is 296 g/mol. The van der Waals surface area contributed by atoms with E-state index < -0.39 is 0 Å². The van der Waals surface area contributed by atoms with E-state index in [1.165, 1.54) is 0 Å². The minimum Gasteiger partial charge on any atom is -0.506 e. The molecule has 19 heavy (non-hydrogen) atoms. The molecular formula is C14H11Cl2NO2. The second-order valence-corrected chi connectivity index (χ2v) is 5.27. The molecule has 3 rings (SSSR count). The lowest BCUT2D eigenvalue weighted by molar-refractivity contribution is 0.0932. The van der Waals surface area contributed by atoms with Gasteiger partial charge in [-0.2, -0.15) is 0 Å². The Hall–Kier alpha value is -1.29. The molecule has 1 N–H and O–H groups in total. The lowest BCUT2D eigenvalue weighted by Gasteiger charge is -2.13. The molecule has 1 aliphatic heterocycles. The normalized spacial score (nSPS) is 17.5. The molecule has 98 valence electrons. The summed E-state index contributed by atoms with van der Waals surface area (Å²) in [4.78, 5) is 4.15. The van der Waals surface area contributed by atoms with Crippen LogP contribution in [0.5, 0.6) is 5.75 Å². The average Bonchev–Trinajstić information content (AvgIpc) is 2.82. The maximum Gasteiger partial charge on any atom is 0.142 e. The van der Waals surface area contributed by atoms with E-state index in [2.05, 4.69) is 4.98 Å². The third-order valence-corrected chi connectivity index (χ3v) is 3.81. The molecule has 0 saturated carbocycles. The highest BCUT2D eigenvalue weighted by Gasteiger charge is 2.31. The van der Waals surface area contributed by atoms with Gasteiger partial charge in [0.25, 0.3) is 0 Å². The van der Waals surface area contributed by atoms with E-state index in [0.717, 1.165) is 16.7 Å². The van der Waals surface area contributed by atoms with Crippen molar-refractivity contribution in [3.8, 4) is 5.75 Å². The Morgan fingerprint density at radius 2 is 1.95 bits per heavy atom. The second-order valence-electron chi connectivity index (χ2n) is 4.47. The van der Waals surface area contributed by atoms with Crippen LogP contribution in [0.25, 0.3) is 0 Å². The fraction of sp³-hybridized carbons (Fsp3) is 0.214. The number of hydrogen-bond donors (Lipinski definition) is 1.